The Hall–Kier alpha value is -0.610. The zero-order chi connectivity index (χ0) is 8.70. The van der Waals surface area contributed by atoms with Crippen molar-refractivity contribution >= 4 is 5.97 Å². The topological polar surface area (TPSA) is 83.5 Å². The largest absolute Gasteiger partial charge is 0.479 e. The molecule has 0 spiro atoms. The van der Waals surface area contributed by atoms with Crippen molar-refractivity contribution in [2.75, 3.05) is 0 Å². The molecule has 1 fully saturated rings. The molecular weight excluding hydrogens is 146 g/mol. The number of hydrogen-bond donors (Lipinski definition) is 3. The molecule has 4 N–H and O–H groups in total. The fraction of sp³-hybridized carbons (Fsp3) is 0.857. The number of aliphatic carboxylic acids is 1. The first-order valence-corrected chi connectivity index (χ1v) is 3.65. The summed E-state index contributed by atoms with van der Waals surface area (Å²) in [6, 6.07) is 0. The van der Waals surface area contributed by atoms with Crippen LogP contribution in [0.4, 0.5) is 0 Å². The molecule has 0 aliphatic heterocycles. The van der Waals surface area contributed by atoms with Crippen molar-refractivity contribution in [2.24, 2.45) is 5.73 Å². The number of aliphatic hydroxyl groups is 1. The zero-order valence-electron chi connectivity index (χ0n) is 6.50. The predicted octanol–water partition coefficient (Wildman–Crippen LogP) is -0.297. The van der Waals surface area contributed by atoms with Crippen LogP contribution in [0.15, 0.2) is 0 Å². The molecule has 1 aliphatic carbocycles. The molecule has 2 atom stereocenters. The van der Waals surface area contributed by atoms with E-state index < -0.39 is 17.1 Å². The maximum absolute atomic E-state index is 10.6. The van der Waals surface area contributed by atoms with Gasteiger partial charge in [-0.05, 0) is 26.2 Å². The van der Waals surface area contributed by atoms with Crippen LogP contribution in [0.3, 0.4) is 0 Å². The van der Waals surface area contributed by atoms with Crippen LogP contribution in [0, 0.1) is 0 Å². The summed E-state index contributed by atoms with van der Waals surface area (Å²) in [6.45, 7) is 1.58. The molecule has 0 aromatic carbocycles. The van der Waals surface area contributed by atoms with Gasteiger partial charge in [0.25, 0.3) is 0 Å². The Morgan fingerprint density at radius 1 is 1.55 bits per heavy atom. The summed E-state index contributed by atoms with van der Waals surface area (Å²) in [5, 5.41) is 18.2. The minimum absolute atomic E-state index is 0.259. The Balaban J connectivity index is 2.93. The van der Waals surface area contributed by atoms with Gasteiger partial charge in [0, 0.05) is 0 Å². The van der Waals surface area contributed by atoms with Crippen LogP contribution in [0.2, 0.25) is 0 Å². The lowest BCUT2D eigenvalue weighted by Gasteiger charge is -2.31. The van der Waals surface area contributed by atoms with E-state index in [0.717, 1.165) is 0 Å². The van der Waals surface area contributed by atoms with Crippen molar-refractivity contribution in [3.05, 3.63) is 0 Å². The molecule has 4 heteroatoms. The van der Waals surface area contributed by atoms with Gasteiger partial charge in [-0.3, -0.25) is 0 Å². The van der Waals surface area contributed by atoms with Gasteiger partial charge in [-0.15, -0.1) is 0 Å². The molecule has 1 aliphatic rings. The van der Waals surface area contributed by atoms with Gasteiger partial charge in [-0.2, -0.15) is 0 Å². The van der Waals surface area contributed by atoms with Gasteiger partial charge in [-0.25, -0.2) is 4.79 Å². The minimum atomic E-state index is -1.72. The molecule has 64 valence electrons. The Kier molecular flexibility index (Phi) is 1.69. The highest BCUT2D eigenvalue weighted by Gasteiger charge is 2.54. The Bertz CT molecular complexity index is 190. The normalized spacial score (nSPS) is 44.3. The van der Waals surface area contributed by atoms with Gasteiger partial charge in [0.2, 0.25) is 0 Å². The second kappa shape index (κ2) is 2.19. The molecule has 1 saturated carbocycles. The number of carboxylic acid groups (broad SMARTS) is 1. The van der Waals surface area contributed by atoms with Crippen molar-refractivity contribution in [1.82, 2.24) is 0 Å². The van der Waals surface area contributed by atoms with Crippen LogP contribution in [0.1, 0.15) is 26.2 Å². The average Bonchev–Trinajstić information content (AvgIpc) is 2.09. The van der Waals surface area contributed by atoms with E-state index in [1.165, 1.54) is 0 Å². The molecule has 0 saturated heterocycles. The first-order chi connectivity index (χ1) is 4.90. The number of rotatable bonds is 1. The van der Waals surface area contributed by atoms with Crippen LogP contribution >= 0.6 is 0 Å². The third-order valence-corrected chi connectivity index (χ3v) is 2.53. The minimum Gasteiger partial charge on any atom is -0.479 e. The van der Waals surface area contributed by atoms with Crippen molar-refractivity contribution in [1.29, 1.82) is 0 Å². The maximum Gasteiger partial charge on any atom is 0.337 e. The summed E-state index contributed by atoms with van der Waals surface area (Å²) in [4.78, 5) is 10.6. The molecule has 0 amide bonds. The van der Waals surface area contributed by atoms with Crippen LogP contribution in [-0.2, 0) is 4.79 Å². The van der Waals surface area contributed by atoms with E-state index in [1.54, 1.807) is 6.92 Å². The average molecular weight is 159 g/mol. The van der Waals surface area contributed by atoms with E-state index in [9.17, 15) is 9.90 Å². The van der Waals surface area contributed by atoms with Crippen LogP contribution in [-0.4, -0.2) is 27.3 Å². The molecule has 0 aromatic rings. The number of carbonyl (C=O) groups is 1. The number of hydrogen-bond acceptors (Lipinski definition) is 3. The lowest BCUT2D eigenvalue weighted by atomic mass is 9.85. The number of nitrogens with two attached hydrogens (primary N) is 1. The maximum atomic E-state index is 10.6. The smallest absolute Gasteiger partial charge is 0.337 e. The van der Waals surface area contributed by atoms with Crippen molar-refractivity contribution in [3.63, 3.8) is 0 Å². The van der Waals surface area contributed by atoms with E-state index in [4.69, 9.17) is 10.8 Å². The molecule has 0 radical (unpaired) electrons. The van der Waals surface area contributed by atoms with Gasteiger partial charge < -0.3 is 15.9 Å². The number of carboxylic acids is 1. The highest BCUT2D eigenvalue weighted by molar-refractivity contribution is 5.79. The lowest BCUT2D eigenvalue weighted by Crippen LogP contribution is -2.59. The van der Waals surface area contributed by atoms with Crippen molar-refractivity contribution in [2.45, 2.75) is 37.3 Å². The van der Waals surface area contributed by atoms with Crippen LogP contribution < -0.4 is 5.73 Å². The fourth-order valence-electron chi connectivity index (χ4n) is 1.56. The second-order valence-corrected chi connectivity index (χ2v) is 3.44. The summed E-state index contributed by atoms with van der Waals surface area (Å²) >= 11 is 0. The second-order valence-electron chi connectivity index (χ2n) is 3.44. The summed E-state index contributed by atoms with van der Waals surface area (Å²) in [6.07, 6.45) is 1.50. The first-order valence-electron chi connectivity index (χ1n) is 3.65. The van der Waals surface area contributed by atoms with Gasteiger partial charge in [-0.1, -0.05) is 0 Å². The molecule has 0 bridgehead atoms. The van der Waals surface area contributed by atoms with E-state index in [0.29, 0.717) is 12.8 Å². The Morgan fingerprint density at radius 3 is 2.27 bits per heavy atom. The molecule has 11 heavy (non-hydrogen) atoms. The molecule has 0 aromatic heterocycles. The summed E-state index contributed by atoms with van der Waals surface area (Å²) in [7, 11) is 0. The van der Waals surface area contributed by atoms with Crippen LogP contribution in [0.25, 0.3) is 0 Å². The van der Waals surface area contributed by atoms with E-state index in [1.807, 2.05) is 0 Å². The summed E-state index contributed by atoms with van der Waals surface area (Å²) in [5.41, 5.74) is 2.94. The molecule has 2 unspecified atom stereocenters. The Morgan fingerprint density at radius 2 is 2.09 bits per heavy atom. The van der Waals surface area contributed by atoms with E-state index >= 15 is 0 Å². The van der Waals surface area contributed by atoms with E-state index in [-0.39, 0.29) is 6.42 Å². The van der Waals surface area contributed by atoms with Crippen molar-refractivity contribution in [3.8, 4) is 0 Å². The molecular formula is C7H13NO3. The SMILES string of the molecule is CC1(N)CCCC1(O)C(=O)O. The van der Waals surface area contributed by atoms with E-state index in [2.05, 4.69) is 0 Å². The van der Waals surface area contributed by atoms with Crippen LogP contribution in [0.5, 0.6) is 0 Å². The predicted molar refractivity (Wildman–Crippen MR) is 39.0 cm³/mol. The first kappa shape index (κ1) is 8.49. The summed E-state index contributed by atoms with van der Waals surface area (Å²) < 4.78 is 0. The standard InChI is InChI=1S/C7H13NO3/c1-6(8)3-2-4-7(6,11)5(9)10/h11H,2-4,8H2,1H3,(H,9,10). The third kappa shape index (κ3) is 1.02. The summed E-state index contributed by atoms with van der Waals surface area (Å²) in [5.74, 6) is -1.21. The fourth-order valence-corrected chi connectivity index (χ4v) is 1.56. The quantitative estimate of drug-likeness (QED) is 0.490. The van der Waals surface area contributed by atoms with Crippen molar-refractivity contribution < 1.29 is 15.0 Å². The highest BCUT2D eigenvalue weighted by atomic mass is 16.4. The van der Waals surface area contributed by atoms with Gasteiger partial charge in [0.05, 0.1) is 5.54 Å². The van der Waals surface area contributed by atoms with Gasteiger partial charge in [0.1, 0.15) is 0 Å². The lowest BCUT2D eigenvalue weighted by molar-refractivity contribution is -0.163. The molecule has 0 heterocycles. The Labute approximate surface area is 65.0 Å². The zero-order valence-corrected chi connectivity index (χ0v) is 6.50. The molecule has 1 rings (SSSR count). The monoisotopic (exact) mass is 159 g/mol. The molecule has 4 nitrogen and oxygen atoms in total. The van der Waals surface area contributed by atoms with Gasteiger partial charge >= 0.3 is 5.97 Å². The highest BCUT2D eigenvalue weighted by Crippen LogP contribution is 2.37. The van der Waals surface area contributed by atoms with Gasteiger partial charge in [0.15, 0.2) is 5.60 Å². The third-order valence-electron chi connectivity index (χ3n) is 2.53.